The maximum absolute atomic E-state index is 12.1. The van der Waals surface area contributed by atoms with Crippen molar-refractivity contribution in [2.45, 2.75) is 26.7 Å². The summed E-state index contributed by atoms with van der Waals surface area (Å²) in [6.07, 6.45) is 3.50. The number of rotatable bonds is 10. The van der Waals surface area contributed by atoms with Crippen LogP contribution in [0.4, 0.5) is 0 Å². The molecule has 1 atom stereocenters. The largest absolute Gasteiger partial charge is 0.484 e. The van der Waals surface area contributed by atoms with E-state index < -0.39 is 0 Å². The molecule has 0 saturated carbocycles. The number of H-pyrrole nitrogens is 1. The van der Waals surface area contributed by atoms with Crippen LogP contribution in [0.15, 0.2) is 30.5 Å². The van der Waals surface area contributed by atoms with Gasteiger partial charge < -0.3 is 15.4 Å². The average molecular weight is 393 g/mol. The zero-order chi connectivity index (χ0) is 19.6. The van der Waals surface area contributed by atoms with Crippen LogP contribution in [0, 0.1) is 12.8 Å². The fraction of sp³-hybridized carbons (Fsp3) is 0.421. The number of carbonyl (C=O) groups is 2. The van der Waals surface area contributed by atoms with Crippen molar-refractivity contribution in [3.63, 3.8) is 0 Å². The summed E-state index contributed by atoms with van der Waals surface area (Å²) in [5.74, 6) is -0.119. The van der Waals surface area contributed by atoms with Crippen LogP contribution in [-0.2, 0) is 16.0 Å². The summed E-state index contributed by atoms with van der Waals surface area (Å²) in [7, 11) is 0. The lowest BCUT2D eigenvalue weighted by atomic mass is 10.1. The van der Waals surface area contributed by atoms with Gasteiger partial charge in [0.2, 0.25) is 5.91 Å². The topological polar surface area (TPSA) is 96.1 Å². The Morgan fingerprint density at radius 3 is 2.67 bits per heavy atom. The van der Waals surface area contributed by atoms with Gasteiger partial charge in [-0.25, -0.2) is 0 Å². The predicted molar refractivity (Wildman–Crippen MR) is 104 cm³/mol. The van der Waals surface area contributed by atoms with Crippen LogP contribution in [0.3, 0.4) is 0 Å². The highest BCUT2D eigenvalue weighted by atomic mass is 35.5. The Morgan fingerprint density at radius 2 is 2.00 bits per heavy atom. The van der Waals surface area contributed by atoms with Gasteiger partial charge in [-0.2, -0.15) is 5.10 Å². The molecule has 0 spiro atoms. The van der Waals surface area contributed by atoms with E-state index in [2.05, 4.69) is 20.8 Å². The Balaban J connectivity index is 1.58. The summed E-state index contributed by atoms with van der Waals surface area (Å²) in [6, 6.07) is 6.76. The molecule has 0 bridgehead atoms. The normalized spacial score (nSPS) is 11.7. The van der Waals surface area contributed by atoms with E-state index in [1.807, 2.05) is 6.92 Å². The SMILES string of the molecule is Cc1[nH]ncc1CCCNC(=O)[C@H](C)CNC(=O)COc1ccc(Cl)cc1. The number of nitrogens with one attached hydrogen (secondary N) is 3. The van der Waals surface area contributed by atoms with Gasteiger partial charge in [0.25, 0.3) is 5.91 Å². The Labute approximate surface area is 163 Å². The summed E-state index contributed by atoms with van der Waals surface area (Å²) in [5.41, 5.74) is 2.21. The van der Waals surface area contributed by atoms with E-state index in [0.29, 0.717) is 17.3 Å². The monoisotopic (exact) mass is 392 g/mol. The number of ether oxygens (including phenoxy) is 1. The fourth-order valence-electron chi connectivity index (χ4n) is 2.38. The lowest BCUT2D eigenvalue weighted by molar-refractivity contribution is -0.125. The minimum absolute atomic E-state index is 0.0853. The Hall–Kier alpha value is -2.54. The number of amides is 2. The highest BCUT2D eigenvalue weighted by Crippen LogP contribution is 2.15. The van der Waals surface area contributed by atoms with E-state index in [1.54, 1.807) is 37.4 Å². The number of aromatic nitrogens is 2. The van der Waals surface area contributed by atoms with Crippen LogP contribution >= 0.6 is 11.6 Å². The molecule has 2 amide bonds. The molecule has 0 aliphatic rings. The van der Waals surface area contributed by atoms with Gasteiger partial charge in [-0.05, 0) is 49.6 Å². The molecular weight excluding hydrogens is 368 g/mol. The zero-order valence-electron chi connectivity index (χ0n) is 15.5. The van der Waals surface area contributed by atoms with Crippen molar-refractivity contribution in [3.8, 4) is 5.75 Å². The molecule has 27 heavy (non-hydrogen) atoms. The van der Waals surface area contributed by atoms with Gasteiger partial charge in [-0.1, -0.05) is 18.5 Å². The van der Waals surface area contributed by atoms with Gasteiger partial charge >= 0.3 is 0 Å². The number of halogens is 1. The molecule has 0 unspecified atom stereocenters. The second-order valence-electron chi connectivity index (χ2n) is 6.36. The Bertz CT molecular complexity index is 746. The maximum Gasteiger partial charge on any atom is 0.257 e. The minimum Gasteiger partial charge on any atom is -0.484 e. The second kappa shape index (κ2) is 10.6. The average Bonchev–Trinajstić information content (AvgIpc) is 3.07. The molecular formula is C19H25ClN4O3. The molecule has 0 saturated heterocycles. The number of carbonyl (C=O) groups excluding carboxylic acids is 2. The molecule has 2 rings (SSSR count). The van der Waals surface area contributed by atoms with Crippen molar-refractivity contribution < 1.29 is 14.3 Å². The molecule has 146 valence electrons. The number of nitrogens with zero attached hydrogens (tertiary/aromatic N) is 1. The Kier molecular flexibility index (Phi) is 8.13. The van der Waals surface area contributed by atoms with Crippen LogP contribution in [0.5, 0.6) is 5.75 Å². The van der Waals surface area contributed by atoms with E-state index in [4.69, 9.17) is 16.3 Å². The lowest BCUT2D eigenvalue weighted by Crippen LogP contribution is -2.39. The quantitative estimate of drug-likeness (QED) is 0.540. The van der Waals surface area contributed by atoms with E-state index in [1.165, 1.54) is 0 Å². The molecule has 7 nitrogen and oxygen atoms in total. The molecule has 0 fully saturated rings. The highest BCUT2D eigenvalue weighted by Gasteiger charge is 2.14. The molecule has 3 N–H and O–H groups in total. The number of aryl methyl sites for hydroxylation is 2. The minimum atomic E-state index is -0.319. The summed E-state index contributed by atoms with van der Waals surface area (Å²) in [6.45, 7) is 4.48. The molecule has 0 aliphatic carbocycles. The Morgan fingerprint density at radius 1 is 1.26 bits per heavy atom. The highest BCUT2D eigenvalue weighted by molar-refractivity contribution is 6.30. The smallest absolute Gasteiger partial charge is 0.257 e. The first-order chi connectivity index (χ1) is 13.0. The molecule has 2 aromatic rings. The summed E-state index contributed by atoms with van der Waals surface area (Å²) in [5, 5.41) is 13.1. The second-order valence-corrected chi connectivity index (χ2v) is 6.80. The van der Waals surface area contributed by atoms with Gasteiger partial charge in [0.1, 0.15) is 5.75 Å². The summed E-state index contributed by atoms with van der Waals surface area (Å²) in [4.78, 5) is 23.9. The first-order valence-electron chi connectivity index (χ1n) is 8.87. The van der Waals surface area contributed by atoms with Crippen molar-refractivity contribution in [2.75, 3.05) is 19.7 Å². The number of benzene rings is 1. The van der Waals surface area contributed by atoms with Crippen LogP contribution in [0.1, 0.15) is 24.6 Å². The molecule has 8 heteroatoms. The molecule has 0 radical (unpaired) electrons. The molecule has 1 heterocycles. The lowest BCUT2D eigenvalue weighted by Gasteiger charge is -2.13. The van der Waals surface area contributed by atoms with Gasteiger partial charge in [-0.3, -0.25) is 14.7 Å². The van der Waals surface area contributed by atoms with Gasteiger partial charge in [0.15, 0.2) is 6.61 Å². The van der Waals surface area contributed by atoms with Crippen molar-refractivity contribution in [1.29, 1.82) is 0 Å². The third kappa shape index (κ3) is 7.30. The van der Waals surface area contributed by atoms with E-state index in [9.17, 15) is 9.59 Å². The van der Waals surface area contributed by atoms with Crippen molar-refractivity contribution in [1.82, 2.24) is 20.8 Å². The standard InChI is InChI=1S/C19H25ClN4O3/c1-13(19(26)21-9-3-4-15-11-23-24-14(15)2)10-22-18(25)12-27-17-7-5-16(20)6-8-17/h5-8,11,13H,3-4,9-10,12H2,1-2H3,(H,21,26)(H,22,25)(H,23,24)/t13-/m1/s1. The first-order valence-corrected chi connectivity index (χ1v) is 9.25. The van der Waals surface area contributed by atoms with Crippen LogP contribution < -0.4 is 15.4 Å². The van der Waals surface area contributed by atoms with Gasteiger partial charge in [0.05, 0.1) is 12.1 Å². The molecule has 0 aliphatic heterocycles. The summed E-state index contributed by atoms with van der Waals surface area (Å²) < 4.78 is 5.36. The maximum atomic E-state index is 12.1. The van der Waals surface area contributed by atoms with Crippen molar-refractivity contribution >= 4 is 23.4 Å². The third-order valence-corrected chi connectivity index (χ3v) is 4.34. The zero-order valence-corrected chi connectivity index (χ0v) is 16.3. The summed E-state index contributed by atoms with van der Waals surface area (Å²) >= 11 is 5.79. The molecule has 1 aromatic carbocycles. The van der Waals surface area contributed by atoms with Gasteiger partial charge in [-0.15, -0.1) is 0 Å². The number of hydrogen-bond donors (Lipinski definition) is 3. The van der Waals surface area contributed by atoms with Crippen LogP contribution in [0.2, 0.25) is 5.02 Å². The van der Waals surface area contributed by atoms with Gasteiger partial charge in [0, 0.05) is 23.8 Å². The number of hydrogen-bond acceptors (Lipinski definition) is 4. The molecule has 1 aromatic heterocycles. The van der Waals surface area contributed by atoms with Crippen molar-refractivity contribution in [2.24, 2.45) is 5.92 Å². The van der Waals surface area contributed by atoms with E-state index in [-0.39, 0.29) is 30.9 Å². The predicted octanol–water partition coefficient (Wildman–Crippen LogP) is 2.25. The third-order valence-electron chi connectivity index (χ3n) is 4.09. The number of aromatic amines is 1. The first kappa shape index (κ1) is 20.8. The van der Waals surface area contributed by atoms with E-state index in [0.717, 1.165) is 24.1 Å². The van der Waals surface area contributed by atoms with Crippen molar-refractivity contribution in [3.05, 3.63) is 46.7 Å². The van der Waals surface area contributed by atoms with E-state index >= 15 is 0 Å². The fourth-order valence-corrected chi connectivity index (χ4v) is 2.51. The van der Waals surface area contributed by atoms with Crippen LogP contribution in [-0.4, -0.2) is 41.7 Å². The van der Waals surface area contributed by atoms with Crippen LogP contribution in [0.25, 0.3) is 0 Å².